The van der Waals surface area contributed by atoms with Crippen molar-refractivity contribution in [2.24, 2.45) is 0 Å². The average molecular weight is 516 g/mol. The number of benzene rings is 2. The molecule has 0 atom stereocenters. The van der Waals surface area contributed by atoms with E-state index in [2.05, 4.69) is 0 Å². The number of hydrogen-bond donors (Lipinski definition) is 0. The van der Waals surface area contributed by atoms with Gasteiger partial charge in [0.2, 0.25) is 0 Å². The number of esters is 1. The summed E-state index contributed by atoms with van der Waals surface area (Å²) in [6.07, 6.45) is 1.31. The molecule has 0 spiro atoms. The summed E-state index contributed by atoms with van der Waals surface area (Å²) in [7, 11) is 3.72. The van der Waals surface area contributed by atoms with Gasteiger partial charge in [-0.2, -0.15) is 8.78 Å². The largest absolute Gasteiger partial charge is 0.496 e. The van der Waals surface area contributed by atoms with Crippen LogP contribution in [0.4, 0.5) is 8.78 Å². The fourth-order valence-corrected chi connectivity index (χ4v) is 3.97. The van der Waals surface area contributed by atoms with Crippen LogP contribution in [0.1, 0.15) is 11.1 Å². The number of sulfone groups is 1. The van der Waals surface area contributed by atoms with E-state index in [1.165, 1.54) is 46.6 Å². The molecule has 0 unspecified atom stereocenters. The van der Waals surface area contributed by atoms with Crippen LogP contribution in [0, 0.1) is 0 Å². The van der Waals surface area contributed by atoms with E-state index < -0.39 is 27.6 Å². The molecule has 2 aromatic carbocycles. The number of methoxy groups -OCH3 is 4. The van der Waals surface area contributed by atoms with Crippen molar-refractivity contribution >= 4 is 21.9 Å². The molecule has 0 aliphatic heterocycles. The molecule has 9 nitrogen and oxygen atoms in total. The van der Waals surface area contributed by atoms with Crippen molar-refractivity contribution < 1.29 is 45.7 Å². The molecule has 0 aromatic heterocycles. The Morgan fingerprint density at radius 2 is 1.49 bits per heavy atom. The molecule has 0 saturated carbocycles. The monoisotopic (exact) mass is 515 g/mol. The number of carbonyl (C=O) groups excluding carboxylic acids is 1. The van der Waals surface area contributed by atoms with Crippen molar-refractivity contribution in [2.75, 3.05) is 42.5 Å². The molecule has 0 aliphatic carbocycles. The van der Waals surface area contributed by atoms with E-state index in [0.717, 1.165) is 25.6 Å². The van der Waals surface area contributed by atoms with Crippen LogP contribution in [0.5, 0.6) is 28.7 Å². The maximum absolute atomic E-state index is 13.9. The van der Waals surface area contributed by atoms with Gasteiger partial charge in [-0.1, -0.05) is 6.07 Å². The lowest BCUT2D eigenvalue weighted by molar-refractivity contribution is -0.186. The van der Waals surface area contributed by atoms with Crippen molar-refractivity contribution in [3.63, 3.8) is 0 Å². The molecule has 35 heavy (non-hydrogen) atoms. The molecule has 0 heterocycles. The normalized spacial score (nSPS) is 12.0. The van der Waals surface area contributed by atoms with Gasteiger partial charge in [0, 0.05) is 17.5 Å². The molecule has 0 radical (unpaired) electrons. The van der Waals surface area contributed by atoms with E-state index >= 15 is 0 Å². The van der Waals surface area contributed by atoms with Crippen LogP contribution in [0.15, 0.2) is 35.7 Å². The molecule has 2 rings (SSSR count). The van der Waals surface area contributed by atoms with E-state index in [9.17, 15) is 22.0 Å². The van der Waals surface area contributed by atoms with Gasteiger partial charge in [0.1, 0.15) is 17.2 Å². The molecular formula is C23H27F2NO8S. The Morgan fingerprint density at radius 3 is 1.97 bits per heavy atom. The first-order valence-electron chi connectivity index (χ1n) is 10.0. The Bertz CT molecular complexity index is 1170. The van der Waals surface area contributed by atoms with Gasteiger partial charge in [-0.15, -0.1) is 0 Å². The zero-order chi connectivity index (χ0) is 26.4. The summed E-state index contributed by atoms with van der Waals surface area (Å²) in [6.45, 7) is 0. The van der Waals surface area contributed by atoms with E-state index in [4.69, 9.17) is 23.7 Å². The van der Waals surface area contributed by atoms with Crippen molar-refractivity contribution in [2.45, 2.75) is 11.8 Å². The van der Waals surface area contributed by atoms with Crippen LogP contribution >= 0.6 is 0 Å². The van der Waals surface area contributed by atoms with Gasteiger partial charge in [0.15, 0.2) is 21.3 Å². The third-order valence-corrected chi connectivity index (χ3v) is 6.09. The van der Waals surface area contributed by atoms with Crippen molar-refractivity contribution in [1.29, 1.82) is 0 Å². The Labute approximate surface area is 202 Å². The Kier molecular flexibility index (Phi) is 9.05. The predicted octanol–water partition coefficient (Wildman–Crippen LogP) is 3.37. The third kappa shape index (κ3) is 6.83. The summed E-state index contributed by atoms with van der Waals surface area (Å²) in [5.74, 6) is -1.59. The smallest absolute Gasteiger partial charge is 0.402 e. The van der Waals surface area contributed by atoms with Gasteiger partial charge in [-0.3, -0.25) is 0 Å². The van der Waals surface area contributed by atoms with Crippen LogP contribution in [0.2, 0.25) is 0 Å². The summed E-state index contributed by atoms with van der Waals surface area (Å²) in [5, 5.41) is 0.968. The maximum atomic E-state index is 13.9. The quantitative estimate of drug-likeness (QED) is 0.253. The number of likely N-dealkylation sites (N-methyl/N-ethyl adjacent to an activating group) is 1. The minimum Gasteiger partial charge on any atom is -0.496 e. The van der Waals surface area contributed by atoms with Crippen LogP contribution < -0.4 is 23.7 Å². The first-order chi connectivity index (χ1) is 16.4. The standard InChI is InChI=1S/C23H27F2NO8S/c1-26(2)23(24,25)22(27)34-21-11-15(7-8-18(21)31-4)14-35(28,29)10-9-17-19(32-5)12-16(30-3)13-20(17)33-6/h7-13H,14H2,1-6H3/b10-9+. The van der Waals surface area contributed by atoms with E-state index in [0.29, 0.717) is 27.7 Å². The minimum atomic E-state index is -3.90. The lowest BCUT2D eigenvalue weighted by Gasteiger charge is -2.21. The first kappa shape index (κ1) is 27.9. The number of carbonyl (C=O) groups is 1. The lowest BCUT2D eigenvalue weighted by atomic mass is 10.1. The Balaban J connectivity index is 2.34. The lowest BCUT2D eigenvalue weighted by Crippen LogP contribution is -2.45. The van der Waals surface area contributed by atoms with Gasteiger partial charge < -0.3 is 23.7 Å². The summed E-state index contributed by atoms with van der Waals surface area (Å²) >= 11 is 0. The maximum Gasteiger partial charge on any atom is 0.402 e. The summed E-state index contributed by atoms with van der Waals surface area (Å²) in [6, 6.07) is 3.14. The Hall–Kier alpha value is -3.38. The summed E-state index contributed by atoms with van der Waals surface area (Å²) < 4.78 is 79.1. The molecular weight excluding hydrogens is 488 g/mol. The molecule has 0 fully saturated rings. The number of ether oxygens (including phenoxy) is 5. The molecule has 0 N–H and O–H groups in total. The van der Waals surface area contributed by atoms with Gasteiger partial charge in [0.25, 0.3) is 0 Å². The number of hydrogen-bond acceptors (Lipinski definition) is 9. The second-order valence-corrected chi connectivity index (χ2v) is 9.25. The molecule has 12 heteroatoms. The fourth-order valence-electron chi connectivity index (χ4n) is 2.88. The molecule has 0 aliphatic rings. The SMILES string of the molecule is COc1cc(OC)c(/C=C/S(=O)(=O)Cc2ccc(OC)c(OC(=O)C(F)(F)N(C)C)c2)c(OC)c1. The van der Waals surface area contributed by atoms with Gasteiger partial charge in [-0.25, -0.2) is 18.1 Å². The van der Waals surface area contributed by atoms with Crippen molar-refractivity contribution in [1.82, 2.24) is 4.90 Å². The summed E-state index contributed by atoms with van der Waals surface area (Å²) in [5.41, 5.74) is 0.551. The van der Waals surface area contributed by atoms with E-state index in [1.54, 1.807) is 12.1 Å². The molecule has 2 aromatic rings. The second-order valence-electron chi connectivity index (χ2n) is 7.37. The van der Waals surface area contributed by atoms with Crippen LogP contribution in [0.3, 0.4) is 0 Å². The van der Waals surface area contributed by atoms with Crippen LogP contribution in [0.25, 0.3) is 6.08 Å². The van der Waals surface area contributed by atoms with Crippen LogP contribution in [-0.4, -0.2) is 67.9 Å². The zero-order valence-corrected chi connectivity index (χ0v) is 20.9. The number of rotatable bonds is 11. The first-order valence-corrected chi connectivity index (χ1v) is 11.7. The minimum absolute atomic E-state index is 0.0164. The highest BCUT2D eigenvalue weighted by Gasteiger charge is 2.44. The zero-order valence-electron chi connectivity index (χ0n) is 20.1. The number of halogens is 2. The fraction of sp³-hybridized carbons (Fsp3) is 0.348. The number of alkyl halides is 2. The second kappa shape index (κ2) is 11.4. The molecule has 0 saturated heterocycles. The van der Waals surface area contributed by atoms with Crippen molar-refractivity contribution in [3.05, 3.63) is 46.9 Å². The highest BCUT2D eigenvalue weighted by Crippen LogP contribution is 2.36. The summed E-state index contributed by atoms with van der Waals surface area (Å²) in [4.78, 5) is 12.3. The third-order valence-electron chi connectivity index (χ3n) is 4.80. The van der Waals surface area contributed by atoms with Crippen molar-refractivity contribution in [3.8, 4) is 28.7 Å². The van der Waals surface area contributed by atoms with Crippen LogP contribution in [-0.2, 0) is 20.4 Å². The average Bonchev–Trinajstić information content (AvgIpc) is 2.81. The predicted molar refractivity (Wildman–Crippen MR) is 125 cm³/mol. The number of nitrogens with zero attached hydrogens (tertiary/aromatic N) is 1. The molecule has 192 valence electrons. The topological polar surface area (TPSA) is 101 Å². The highest BCUT2D eigenvalue weighted by molar-refractivity contribution is 7.93. The highest BCUT2D eigenvalue weighted by atomic mass is 32.2. The molecule has 0 bridgehead atoms. The molecule has 0 amide bonds. The van der Waals surface area contributed by atoms with Gasteiger partial charge in [-0.05, 0) is 37.9 Å². The van der Waals surface area contributed by atoms with Gasteiger partial charge >= 0.3 is 12.0 Å². The Morgan fingerprint density at radius 1 is 0.914 bits per heavy atom. The van der Waals surface area contributed by atoms with E-state index in [1.807, 2.05) is 0 Å². The van der Waals surface area contributed by atoms with Gasteiger partial charge in [0.05, 0.1) is 39.8 Å². The van der Waals surface area contributed by atoms with E-state index in [-0.39, 0.29) is 17.1 Å².